The number of ketones is 1. The summed E-state index contributed by atoms with van der Waals surface area (Å²) in [5.41, 5.74) is 0.779. The Balaban J connectivity index is 2.15. The number of rotatable bonds is 2. The zero-order chi connectivity index (χ0) is 12.4. The van der Waals surface area contributed by atoms with Gasteiger partial charge in [-0.05, 0) is 36.5 Å². The van der Waals surface area contributed by atoms with E-state index in [-0.39, 0.29) is 11.7 Å². The van der Waals surface area contributed by atoms with Crippen LogP contribution in [0.4, 0.5) is 0 Å². The highest BCUT2D eigenvalue weighted by Gasteiger charge is 2.32. The van der Waals surface area contributed by atoms with E-state index in [9.17, 15) is 9.90 Å². The fourth-order valence-electron chi connectivity index (χ4n) is 2.45. The van der Waals surface area contributed by atoms with Crippen LogP contribution >= 0.6 is 11.6 Å². The molecular formula is C14H17ClO2. The standard InChI is InChI=1S/C14H17ClO2/c1-9-2-7-13(16)12(8-9)14(17)10-3-5-11(15)6-4-10/h3-6,9,12,14,17H,2,7-8H2,1H3/t9?,12-,14+/m0/s1. The number of carbonyl (C=O) groups is 1. The summed E-state index contributed by atoms with van der Waals surface area (Å²) < 4.78 is 0. The van der Waals surface area contributed by atoms with E-state index in [1.807, 2.05) is 0 Å². The van der Waals surface area contributed by atoms with Gasteiger partial charge >= 0.3 is 0 Å². The number of benzene rings is 1. The molecule has 0 bridgehead atoms. The highest BCUT2D eigenvalue weighted by atomic mass is 35.5. The first kappa shape index (κ1) is 12.6. The van der Waals surface area contributed by atoms with Crippen molar-refractivity contribution < 1.29 is 9.90 Å². The summed E-state index contributed by atoms with van der Waals surface area (Å²) in [6.07, 6.45) is 1.63. The molecule has 1 aromatic rings. The van der Waals surface area contributed by atoms with E-state index >= 15 is 0 Å². The molecule has 1 aromatic carbocycles. The largest absolute Gasteiger partial charge is 0.388 e. The number of hydrogen-bond acceptors (Lipinski definition) is 2. The minimum atomic E-state index is -0.692. The average molecular weight is 253 g/mol. The SMILES string of the molecule is CC1CCC(=O)[C@@H]([C@H](O)c2ccc(Cl)cc2)C1. The van der Waals surface area contributed by atoms with Gasteiger partial charge in [-0.15, -0.1) is 0 Å². The van der Waals surface area contributed by atoms with E-state index in [0.717, 1.165) is 18.4 Å². The summed E-state index contributed by atoms with van der Waals surface area (Å²) in [5.74, 6) is 0.449. The van der Waals surface area contributed by atoms with Crippen molar-refractivity contribution in [1.29, 1.82) is 0 Å². The maximum atomic E-state index is 11.8. The molecule has 0 aliphatic heterocycles. The smallest absolute Gasteiger partial charge is 0.138 e. The molecule has 2 nitrogen and oxygen atoms in total. The van der Waals surface area contributed by atoms with Gasteiger partial charge in [-0.1, -0.05) is 30.7 Å². The van der Waals surface area contributed by atoms with Crippen molar-refractivity contribution in [2.75, 3.05) is 0 Å². The Morgan fingerprint density at radius 3 is 2.65 bits per heavy atom. The second-order valence-corrected chi connectivity index (χ2v) is 5.39. The van der Waals surface area contributed by atoms with Crippen LogP contribution in [0.2, 0.25) is 5.02 Å². The molecule has 3 heteroatoms. The number of aliphatic hydroxyl groups excluding tert-OH is 1. The fraction of sp³-hybridized carbons (Fsp3) is 0.500. The van der Waals surface area contributed by atoms with Crippen LogP contribution in [-0.2, 0) is 4.79 Å². The molecule has 1 N–H and O–H groups in total. The van der Waals surface area contributed by atoms with Crippen LogP contribution in [0.25, 0.3) is 0 Å². The first-order valence-electron chi connectivity index (χ1n) is 6.04. The van der Waals surface area contributed by atoms with Crippen molar-refractivity contribution in [3.05, 3.63) is 34.9 Å². The maximum Gasteiger partial charge on any atom is 0.138 e. The van der Waals surface area contributed by atoms with Gasteiger partial charge in [0.2, 0.25) is 0 Å². The second kappa shape index (κ2) is 5.19. The topological polar surface area (TPSA) is 37.3 Å². The van der Waals surface area contributed by atoms with Crippen LogP contribution in [0.5, 0.6) is 0 Å². The second-order valence-electron chi connectivity index (χ2n) is 4.95. The number of hydrogen-bond donors (Lipinski definition) is 1. The summed E-state index contributed by atoms with van der Waals surface area (Å²) in [5, 5.41) is 10.9. The Hall–Kier alpha value is -0.860. The Morgan fingerprint density at radius 2 is 2.00 bits per heavy atom. The predicted molar refractivity (Wildman–Crippen MR) is 67.9 cm³/mol. The zero-order valence-electron chi connectivity index (χ0n) is 9.90. The fourth-order valence-corrected chi connectivity index (χ4v) is 2.58. The number of Topliss-reactive ketones (excluding diaryl/α,β-unsaturated/α-hetero) is 1. The molecule has 0 spiro atoms. The van der Waals surface area contributed by atoms with E-state index < -0.39 is 6.10 Å². The molecule has 2 rings (SSSR count). The lowest BCUT2D eigenvalue weighted by atomic mass is 9.77. The van der Waals surface area contributed by atoms with E-state index in [1.54, 1.807) is 24.3 Å². The van der Waals surface area contributed by atoms with Crippen molar-refractivity contribution in [1.82, 2.24) is 0 Å². The van der Waals surface area contributed by atoms with Gasteiger partial charge < -0.3 is 5.11 Å². The summed E-state index contributed by atoms with van der Waals surface area (Å²) in [6.45, 7) is 2.13. The van der Waals surface area contributed by atoms with Gasteiger partial charge in [-0.25, -0.2) is 0 Å². The van der Waals surface area contributed by atoms with Crippen molar-refractivity contribution in [3.8, 4) is 0 Å². The highest BCUT2D eigenvalue weighted by molar-refractivity contribution is 6.30. The van der Waals surface area contributed by atoms with E-state index in [2.05, 4.69) is 6.92 Å². The van der Waals surface area contributed by atoms with Gasteiger partial charge in [0.15, 0.2) is 0 Å². The maximum absolute atomic E-state index is 11.8. The molecule has 1 aliphatic carbocycles. The third-order valence-corrected chi connectivity index (χ3v) is 3.80. The lowest BCUT2D eigenvalue weighted by Crippen LogP contribution is -2.28. The molecule has 0 saturated heterocycles. The Kier molecular flexibility index (Phi) is 3.85. The third-order valence-electron chi connectivity index (χ3n) is 3.55. The molecular weight excluding hydrogens is 236 g/mol. The van der Waals surface area contributed by atoms with Gasteiger partial charge in [-0.3, -0.25) is 4.79 Å². The zero-order valence-corrected chi connectivity index (χ0v) is 10.7. The molecule has 0 heterocycles. The van der Waals surface area contributed by atoms with E-state index in [1.165, 1.54) is 0 Å². The number of carbonyl (C=O) groups excluding carboxylic acids is 1. The Labute approximate surface area is 107 Å². The van der Waals surface area contributed by atoms with Gasteiger partial charge in [0.1, 0.15) is 5.78 Å². The highest BCUT2D eigenvalue weighted by Crippen LogP contribution is 2.35. The van der Waals surface area contributed by atoms with Gasteiger partial charge in [0.05, 0.1) is 6.10 Å². The third kappa shape index (κ3) is 2.88. The molecule has 3 atom stereocenters. The summed E-state index contributed by atoms with van der Waals surface area (Å²) in [7, 11) is 0. The number of halogens is 1. The lowest BCUT2D eigenvalue weighted by molar-refractivity contribution is -0.129. The van der Waals surface area contributed by atoms with Crippen LogP contribution < -0.4 is 0 Å². The molecule has 0 radical (unpaired) electrons. The summed E-state index contributed by atoms with van der Waals surface area (Å²) in [6, 6.07) is 7.08. The normalized spacial score (nSPS) is 26.9. The molecule has 1 fully saturated rings. The summed E-state index contributed by atoms with van der Waals surface area (Å²) >= 11 is 5.81. The summed E-state index contributed by atoms with van der Waals surface area (Å²) in [4.78, 5) is 11.8. The van der Waals surface area contributed by atoms with Crippen LogP contribution in [0.1, 0.15) is 37.9 Å². The minimum Gasteiger partial charge on any atom is -0.388 e. The monoisotopic (exact) mass is 252 g/mol. The molecule has 1 aliphatic rings. The predicted octanol–water partition coefficient (Wildman–Crippen LogP) is 3.38. The Morgan fingerprint density at radius 1 is 1.35 bits per heavy atom. The van der Waals surface area contributed by atoms with Gasteiger partial charge in [-0.2, -0.15) is 0 Å². The van der Waals surface area contributed by atoms with E-state index in [4.69, 9.17) is 11.6 Å². The quantitative estimate of drug-likeness (QED) is 0.876. The van der Waals surface area contributed by atoms with Crippen molar-refractivity contribution in [2.24, 2.45) is 11.8 Å². The Bertz CT molecular complexity index is 399. The number of aliphatic hydroxyl groups is 1. The van der Waals surface area contributed by atoms with Gasteiger partial charge in [0, 0.05) is 17.4 Å². The lowest BCUT2D eigenvalue weighted by Gasteiger charge is -2.29. The van der Waals surface area contributed by atoms with Crippen LogP contribution in [-0.4, -0.2) is 10.9 Å². The molecule has 1 saturated carbocycles. The van der Waals surface area contributed by atoms with Crippen molar-refractivity contribution in [2.45, 2.75) is 32.3 Å². The van der Waals surface area contributed by atoms with Crippen LogP contribution in [0, 0.1) is 11.8 Å². The van der Waals surface area contributed by atoms with Crippen LogP contribution in [0.3, 0.4) is 0 Å². The van der Waals surface area contributed by atoms with Crippen molar-refractivity contribution in [3.63, 3.8) is 0 Å². The molecule has 1 unspecified atom stereocenters. The molecule has 0 aromatic heterocycles. The van der Waals surface area contributed by atoms with Gasteiger partial charge in [0.25, 0.3) is 0 Å². The average Bonchev–Trinajstić information content (AvgIpc) is 2.32. The van der Waals surface area contributed by atoms with Crippen LogP contribution in [0.15, 0.2) is 24.3 Å². The minimum absolute atomic E-state index is 0.186. The first-order valence-corrected chi connectivity index (χ1v) is 6.42. The van der Waals surface area contributed by atoms with E-state index in [0.29, 0.717) is 17.4 Å². The first-order chi connectivity index (χ1) is 8.08. The molecule has 17 heavy (non-hydrogen) atoms. The molecule has 0 amide bonds. The van der Waals surface area contributed by atoms with Crippen molar-refractivity contribution >= 4 is 17.4 Å². The molecule has 92 valence electrons.